The second kappa shape index (κ2) is 7.70. The zero-order valence-corrected chi connectivity index (χ0v) is 14.8. The number of hydrogen-bond donors (Lipinski definition) is 2. The van der Waals surface area contributed by atoms with Gasteiger partial charge in [-0.25, -0.2) is 0 Å². The fourth-order valence-corrected chi connectivity index (χ4v) is 3.37. The van der Waals surface area contributed by atoms with E-state index in [1.165, 1.54) is 5.56 Å². The lowest BCUT2D eigenvalue weighted by Crippen LogP contribution is -2.46. The van der Waals surface area contributed by atoms with Crippen LogP contribution in [-0.2, 0) is 12.1 Å². The van der Waals surface area contributed by atoms with E-state index >= 15 is 0 Å². The van der Waals surface area contributed by atoms with Crippen molar-refractivity contribution < 1.29 is 9.52 Å². The van der Waals surface area contributed by atoms with Crippen molar-refractivity contribution in [1.29, 1.82) is 0 Å². The average molecular weight is 349 g/mol. The summed E-state index contributed by atoms with van der Waals surface area (Å²) in [6.07, 6.45) is 3.73. The molecule has 0 unspecified atom stereocenters. The quantitative estimate of drug-likeness (QED) is 0.840. The van der Waals surface area contributed by atoms with Gasteiger partial charge in [-0.3, -0.25) is 4.90 Å². The van der Waals surface area contributed by atoms with Crippen LogP contribution in [0.2, 0.25) is 5.02 Å². The van der Waals surface area contributed by atoms with Crippen molar-refractivity contribution in [1.82, 2.24) is 10.2 Å². The number of hydrogen-bond acceptors (Lipinski definition) is 4. The summed E-state index contributed by atoms with van der Waals surface area (Å²) in [4.78, 5) is 2.43. The van der Waals surface area contributed by atoms with Gasteiger partial charge in [0.25, 0.3) is 0 Å². The Bertz CT molecular complexity index is 635. The van der Waals surface area contributed by atoms with Gasteiger partial charge in [-0.15, -0.1) is 0 Å². The molecule has 1 aromatic carbocycles. The SMILES string of the molecule is C[C@@](O)(CNC1CCN(Cc2ccccc2Cl)CC1)c1ccco1. The highest BCUT2D eigenvalue weighted by Gasteiger charge is 2.28. The molecule has 1 aromatic heterocycles. The van der Waals surface area contributed by atoms with Crippen molar-refractivity contribution in [2.45, 2.75) is 38.0 Å². The minimum atomic E-state index is -0.974. The Balaban J connectivity index is 1.45. The molecule has 1 fully saturated rings. The first kappa shape index (κ1) is 17.5. The highest BCUT2D eigenvalue weighted by Crippen LogP contribution is 2.22. The Hall–Kier alpha value is -1.33. The summed E-state index contributed by atoms with van der Waals surface area (Å²) in [5, 5.41) is 14.8. The predicted octanol–water partition coefficient (Wildman–Crippen LogP) is 3.39. The van der Waals surface area contributed by atoms with Crippen LogP contribution < -0.4 is 5.32 Å². The van der Waals surface area contributed by atoms with Crippen LogP contribution >= 0.6 is 11.6 Å². The van der Waals surface area contributed by atoms with Crippen LogP contribution in [-0.4, -0.2) is 35.7 Å². The van der Waals surface area contributed by atoms with Crippen LogP contribution in [0.1, 0.15) is 31.1 Å². The zero-order chi connectivity index (χ0) is 17.0. The minimum Gasteiger partial charge on any atom is -0.466 e. The lowest BCUT2D eigenvalue weighted by Gasteiger charge is -2.34. The van der Waals surface area contributed by atoms with Crippen molar-refractivity contribution in [2.75, 3.05) is 19.6 Å². The van der Waals surface area contributed by atoms with Crippen molar-refractivity contribution in [3.63, 3.8) is 0 Å². The summed E-state index contributed by atoms with van der Waals surface area (Å²) in [6.45, 7) is 5.25. The van der Waals surface area contributed by atoms with Gasteiger partial charge in [0.05, 0.1) is 6.26 Å². The smallest absolute Gasteiger partial charge is 0.136 e. The molecule has 0 bridgehead atoms. The van der Waals surface area contributed by atoms with E-state index < -0.39 is 5.60 Å². The molecule has 2 heterocycles. The summed E-state index contributed by atoms with van der Waals surface area (Å²) in [5.41, 5.74) is 0.212. The Labute approximate surface area is 148 Å². The summed E-state index contributed by atoms with van der Waals surface area (Å²) >= 11 is 6.25. The molecule has 1 aliphatic heterocycles. The molecule has 0 saturated carbocycles. The van der Waals surface area contributed by atoms with E-state index in [4.69, 9.17) is 16.0 Å². The number of piperidine rings is 1. The summed E-state index contributed by atoms with van der Waals surface area (Å²) in [5.74, 6) is 0.603. The molecule has 3 rings (SSSR count). The van der Waals surface area contributed by atoms with E-state index in [-0.39, 0.29) is 0 Å². The number of aliphatic hydroxyl groups is 1. The molecule has 1 aliphatic rings. The third-order valence-electron chi connectivity index (χ3n) is 4.73. The second-order valence-electron chi connectivity index (χ2n) is 6.77. The van der Waals surface area contributed by atoms with Crippen molar-refractivity contribution >= 4 is 11.6 Å². The minimum absolute atomic E-state index is 0.425. The molecule has 1 atom stereocenters. The highest BCUT2D eigenvalue weighted by molar-refractivity contribution is 6.31. The van der Waals surface area contributed by atoms with Gasteiger partial charge < -0.3 is 14.8 Å². The number of furan rings is 1. The van der Waals surface area contributed by atoms with Crippen LogP contribution in [0.5, 0.6) is 0 Å². The van der Waals surface area contributed by atoms with E-state index in [1.807, 2.05) is 24.3 Å². The van der Waals surface area contributed by atoms with Crippen LogP contribution in [0.25, 0.3) is 0 Å². The van der Waals surface area contributed by atoms with Crippen molar-refractivity contribution in [2.24, 2.45) is 0 Å². The molecule has 0 spiro atoms. The maximum absolute atomic E-state index is 10.5. The molecule has 0 radical (unpaired) electrons. The first-order chi connectivity index (χ1) is 11.5. The monoisotopic (exact) mass is 348 g/mol. The van der Waals surface area contributed by atoms with Crippen LogP contribution in [0, 0.1) is 0 Å². The molecule has 2 aromatic rings. The van der Waals surface area contributed by atoms with Gasteiger partial charge in [0, 0.05) is 24.2 Å². The third-order valence-corrected chi connectivity index (χ3v) is 5.10. The van der Waals surface area contributed by atoms with Crippen LogP contribution in [0.15, 0.2) is 47.1 Å². The molecule has 4 nitrogen and oxygen atoms in total. The van der Waals surface area contributed by atoms with Crippen molar-refractivity contribution in [3.8, 4) is 0 Å². The molecular formula is C19H25ClN2O2. The molecule has 24 heavy (non-hydrogen) atoms. The topological polar surface area (TPSA) is 48.6 Å². The van der Waals surface area contributed by atoms with Crippen LogP contribution in [0.4, 0.5) is 0 Å². The normalized spacial score (nSPS) is 19.3. The van der Waals surface area contributed by atoms with E-state index in [2.05, 4.69) is 16.3 Å². The lowest BCUT2D eigenvalue weighted by atomic mass is 10.00. The zero-order valence-electron chi connectivity index (χ0n) is 14.0. The molecular weight excluding hydrogens is 324 g/mol. The average Bonchev–Trinajstić information content (AvgIpc) is 3.12. The van der Waals surface area contributed by atoms with Gasteiger partial charge in [0.1, 0.15) is 11.4 Å². The van der Waals surface area contributed by atoms with E-state index in [9.17, 15) is 5.11 Å². The Morgan fingerprint density at radius 3 is 2.67 bits per heavy atom. The summed E-state index contributed by atoms with van der Waals surface area (Å²) in [7, 11) is 0. The number of nitrogens with zero attached hydrogens (tertiary/aromatic N) is 1. The fourth-order valence-electron chi connectivity index (χ4n) is 3.18. The maximum Gasteiger partial charge on any atom is 0.136 e. The fraction of sp³-hybridized carbons (Fsp3) is 0.474. The van der Waals surface area contributed by atoms with Gasteiger partial charge in [-0.1, -0.05) is 29.8 Å². The Morgan fingerprint density at radius 1 is 1.25 bits per heavy atom. The molecule has 1 saturated heterocycles. The first-order valence-electron chi connectivity index (χ1n) is 8.50. The molecule has 130 valence electrons. The standard InChI is InChI=1S/C19H25ClN2O2/c1-19(23,18-7-4-12-24-18)14-21-16-8-10-22(11-9-16)13-15-5-2-3-6-17(15)20/h2-7,12,16,21,23H,8-11,13-14H2,1H3/t19-/m1/s1. The van der Waals surface area contributed by atoms with Gasteiger partial charge >= 0.3 is 0 Å². The van der Waals surface area contributed by atoms with Gasteiger partial charge in [-0.2, -0.15) is 0 Å². The molecule has 0 amide bonds. The molecule has 0 aliphatic carbocycles. The first-order valence-corrected chi connectivity index (χ1v) is 8.88. The van der Waals surface area contributed by atoms with Gasteiger partial charge in [0.15, 0.2) is 0 Å². The number of benzene rings is 1. The maximum atomic E-state index is 10.5. The number of nitrogens with one attached hydrogen (secondary N) is 1. The second-order valence-corrected chi connectivity index (χ2v) is 7.18. The highest BCUT2D eigenvalue weighted by atomic mass is 35.5. The third kappa shape index (κ3) is 4.39. The molecule has 2 N–H and O–H groups in total. The van der Waals surface area contributed by atoms with Crippen LogP contribution in [0.3, 0.4) is 0 Å². The number of rotatable bonds is 6. The van der Waals surface area contributed by atoms with Gasteiger partial charge in [0.2, 0.25) is 0 Å². The largest absolute Gasteiger partial charge is 0.466 e. The summed E-state index contributed by atoms with van der Waals surface area (Å²) < 4.78 is 5.32. The number of likely N-dealkylation sites (tertiary alicyclic amines) is 1. The van der Waals surface area contributed by atoms with Gasteiger partial charge in [-0.05, 0) is 56.6 Å². The summed E-state index contributed by atoms with van der Waals surface area (Å²) in [6, 6.07) is 12.1. The Kier molecular flexibility index (Phi) is 5.61. The van der Waals surface area contributed by atoms with E-state index in [0.29, 0.717) is 18.3 Å². The van der Waals surface area contributed by atoms with Crippen molar-refractivity contribution in [3.05, 3.63) is 59.0 Å². The predicted molar refractivity (Wildman–Crippen MR) is 96.0 cm³/mol. The molecule has 5 heteroatoms. The van der Waals surface area contributed by atoms with E-state index in [1.54, 1.807) is 19.3 Å². The van der Waals surface area contributed by atoms with E-state index in [0.717, 1.165) is 37.5 Å². The lowest BCUT2D eigenvalue weighted by molar-refractivity contribution is 0.0287. The number of halogens is 1. The Morgan fingerprint density at radius 2 is 2.00 bits per heavy atom.